The molecule has 156 valence electrons. The minimum atomic E-state index is 0.134. The monoisotopic (exact) mass is 421 g/mol. The van der Waals surface area contributed by atoms with Gasteiger partial charge in [0.1, 0.15) is 12.6 Å². The number of hydrogen-bond donors (Lipinski definition) is 3. The van der Waals surface area contributed by atoms with Gasteiger partial charge in [0.15, 0.2) is 6.54 Å². The Hall–Kier alpha value is -2.47. The van der Waals surface area contributed by atoms with E-state index >= 15 is 0 Å². The van der Waals surface area contributed by atoms with Crippen LogP contribution in [0.4, 0.5) is 0 Å². The van der Waals surface area contributed by atoms with E-state index in [4.69, 9.17) is 0 Å². The fourth-order valence-corrected chi connectivity index (χ4v) is 5.12. The normalized spacial score (nSPS) is 19.5. The average molecular weight is 422 g/mol. The highest BCUT2D eigenvalue weighted by molar-refractivity contribution is 7.10. The Morgan fingerprint density at radius 3 is 2.67 bits per heavy atom. The van der Waals surface area contributed by atoms with E-state index < -0.39 is 0 Å². The van der Waals surface area contributed by atoms with Gasteiger partial charge in [-0.25, -0.2) is 0 Å². The molecule has 1 fully saturated rings. The van der Waals surface area contributed by atoms with Crippen molar-refractivity contribution in [3.63, 3.8) is 0 Å². The zero-order valence-electron chi connectivity index (χ0n) is 17.5. The molecule has 1 saturated heterocycles. The van der Waals surface area contributed by atoms with Crippen LogP contribution in [-0.4, -0.2) is 31.6 Å². The lowest BCUT2D eigenvalue weighted by Gasteiger charge is -2.17. The molecule has 1 aliphatic rings. The van der Waals surface area contributed by atoms with Crippen LogP contribution in [-0.2, 0) is 11.3 Å². The number of carbonyl (C=O) groups excluding carboxylic acids is 1. The third kappa shape index (κ3) is 5.57. The molecule has 3 atom stereocenters. The summed E-state index contributed by atoms with van der Waals surface area (Å²) in [5, 5.41) is 7.53. The Bertz CT molecular complexity index is 925. The van der Waals surface area contributed by atoms with E-state index in [1.807, 2.05) is 0 Å². The molecular formula is C25H31N3OS+2. The maximum absolute atomic E-state index is 12.7. The van der Waals surface area contributed by atoms with Crippen molar-refractivity contribution in [2.75, 3.05) is 19.6 Å². The molecular weight excluding hydrogens is 390 g/mol. The van der Waals surface area contributed by atoms with Gasteiger partial charge in [-0.3, -0.25) is 4.79 Å². The third-order valence-electron chi connectivity index (χ3n) is 5.87. The minimum Gasteiger partial charge on any atom is -0.343 e. The van der Waals surface area contributed by atoms with E-state index in [-0.39, 0.29) is 18.0 Å². The van der Waals surface area contributed by atoms with Gasteiger partial charge >= 0.3 is 0 Å². The molecule has 4 rings (SSSR count). The third-order valence-corrected chi connectivity index (χ3v) is 6.82. The summed E-state index contributed by atoms with van der Waals surface area (Å²) in [6, 6.07) is 23.9. The first kappa shape index (κ1) is 20.8. The van der Waals surface area contributed by atoms with Crippen LogP contribution >= 0.6 is 11.3 Å². The Kier molecular flexibility index (Phi) is 6.95. The lowest BCUT2D eigenvalue weighted by atomic mass is 10.0. The van der Waals surface area contributed by atoms with Gasteiger partial charge in [0.2, 0.25) is 0 Å². The van der Waals surface area contributed by atoms with Crippen molar-refractivity contribution in [3.8, 4) is 0 Å². The van der Waals surface area contributed by atoms with E-state index in [9.17, 15) is 4.79 Å². The summed E-state index contributed by atoms with van der Waals surface area (Å²) in [4.78, 5) is 15.5. The van der Waals surface area contributed by atoms with Crippen molar-refractivity contribution in [1.29, 1.82) is 0 Å². The summed E-state index contributed by atoms with van der Waals surface area (Å²) in [6.07, 6.45) is 1.06. The zero-order chi connectivity index (χ0) is 20.8. The molecule has 30 heavy (non-hydrogen) atoms. The molecule has 0 radical (unpaired) electrons. The van der Waals surface area contributed by atoms with Crippen LogP contribution < -0.4 is 15.5 Å². The highest BCUT2D eigenvalue weighted by atomic mass is 32.1. The number of nitrogens with one attached hydrogen (secondary N) is 2. The molecule has 0 spiro atoms. The van der Waals surface area contributed by atoms with Crippen molar-refractivity contribution in [3.05, 3.63) is 93.7 Å². The van der Waals surface area contributed by atoms with Gasteiger partial charge < -0.3 is 15.5 Å². The number of nitrogens with two attached hydrogens (primary N) is 1. The Balaban J connectivity index is 1.29. The first-order chi connectivity index (χ1) is 14.7. The molecule has 0 bridgehead atoms. The van der Waals surface area contributed by atoms with Gasteiger partial charge in [-0.15, -0.1) is 11.3 Å². The van der Waals surface area contributed by atoms with Crippen molar-refractivity contribution in [2.24, 2.45) is 0 Å². The lowest BCUT2D eigenvalue weighted by Crippen LogP contribution is -3.09. The number of quaternary nitrogens is 2. The van der Waals surface area contributed by atoms with E-state index in [0.717, 1.165) is 26.1 Å². The largest absolute Gasteiger partial charge is 0.343 e. The minimum absolute atomic E-state index is 0.134. The highest BCUT2D eigenvalue weighted by Crippen LogP contribution is 2.22. The molecule has 3 aromatic rings. The van der Waals surface area contributed by atoms with Gasteiger partial charge in [-0.05, 0) is 18.4 Å². The van der Waals surface area contributed by atoms with Gasteiger partial charge in [0.05, 0.1) is 24.0 Å². The molecule has 4 N–H and O–H groups in total. The Morgan fingerprint density at radius 1 is 1.13 bits per heavy atom. The average Bonchev–Trinajstić information content (AvgIpc) is 3.43. The number of thiophene rings is 1. The van der Waals surface area contributed by atoms with Crippen LogP contribution in [0.5, 0.6) is 0 Å². The van der Waals surface area contributed by atoms with Crippen LogP contribution in [0.1, 0.15) is 34.0 Å². The predicted molar refractivity (Wildman–Crippen MR) is 122 cm³/mol. The Labute approximate surface area is 182 Å². The molecule has 1 amide bonds. The summed E-state index contributed by atoms with van der Waals surface area (Å²) in [7, 11) is 0. The topological polar surface area (TPSA) is 50.1 Å². The molecule has 0 saturated carbocycles. The molecule has 2 heterocycles. The van der Waals surface area contributed by atoms with Crippen LogP contribution in [0.25, 0.3) is 0 Å². The predicted octanol–water partition coefficient (Wildman–Crippen LogP) is 1.68. The number of aryl methyl sites for hydroxylation is 1. The van der Waals surface area contributed by atoms with Crippen molar-refractivity contribution in [2.45, 2.75) is 32.0 Å². The van der Waals surface area contributed by atoms with Crippen LogP contribution in [0.2, 0.25) is 0 Å². The quantitative estimate of drug-likeness (QED) is 0.509. The second-order valence-corrected chi connectivity index (χ2v) is 9.24. The molecule has 1 aromatic heterocycles. The van der Waals surface area contributed by atoms with Crippen LogP contribution in [0.3, 0.4) is 0 Å². The fraction of sp³-hybridized carbons (Fsp3) is 0.320. The summed E-state index contributed by atoms with van der Waals surface area (Å²) in [6.45, 7) is 5.71. The number of benzene rings is 2. The first-order valence-electron chi connectivity index (χ1n) is 10.8. The summed E-state index contributed by atoms with van der Waals surface area (Å²) in [5.74, 6) is 0.134. The van der Waals surface area contributed by atoms with E-state index in [2.05, 4.69) is 89.7 Å². The first-order valence-corrected chi connectivity index (χ1v) is 11.7. The van der Waals surface area contributed by atoms with Crippen molar-refractivity contribution >= 4 is 17.2 Å². The second-order valence-electron chi connectivity index (χ2n) is 8.26. The van der Waals surface area contributed by atoms with Gasteiger partial charge in [0, 0.05) is 17.5 Å². The number of rotatable bonds is 8. The van der Waals surface area contributed by atoms with Gasteiger partial charge in [-0.2, -0.15) is 0 Å². The molecule has 1 unspecified atom stereocenters. The van der Waals surface area contributed by atoms with E-state index in [0.29, 0.717) is 6.54 Å². The maximum Gasteiger partial charge on any atom is 0.275 e. The molecule has 5 heteroatoms. The van der Waals surface area contributed by atoms with Crippen molar-refractivity contribution in [1.82, 2.24) is 5.32 Å². The fourth-order valence-electron chi connectivity index (χ4n) is 4.27. The smallest absolute Gasteiger partial charge is 0.275 e. The summed E-state index contributed by atoms with van der Waals surface area (Å²) < 4.78 is 0. The number of hydrogen-bond acceptors (Lipinski definition) is 2. The SMILES string of the molecule is Cc1ccc([C@H]([NH2+]CC(=O)N[C@@H]2CC[NH+](Cc3ccccc3)C2)c2cccs2)cc1. The van der Waals surface area contributed by atoms with Gasteiger partial charge in [-0.1, -0.05) is 66.2 Å². The number of amides is 1. The second kappa shape index (κ2) is 10.0. The summed E-state index contributed by atoms with van der Waals surface area (Å²) in [5.41, 5.74) is 3.87. The lowest BCUT2D eigenvalue weighted by molar-refractivity contribution is -0.901. The molecule has 1 aliphatic heterocycles. The highest BCUT2D eigenvalue weighted by Gasteiger charge is 2.28. The maximum atomic E-state index is 12.7. The molecule has 4 nitrogen and oxygen atoms in total. The Morgan fingerprint density at radius 2 is 1.93 bits per heavy atom. The number of carbonyl (C=O) groups is 1. The van der Waals surface area contributed by atoms with Crippen LogP contribution in [0.15, 0.2) is 72.1 Å². The molecule has 2 aromatic carbocycles. The zero-order valence-corrected chi connectivity index (χ0v) is 18.3. The van der Waals surface area contributed by atoms with Gasteiger partial charge in [0.25, 0.3) is 5.91 Å². The van der Waals surface area contributed by atoms with Crippen molar-refractivity contribution < 1.29 is 15.0 Å². The molecule has 0 aliphatic carbocycles. The summed E-state index contributed by atoms with van der Waals surface area (Å²) >= 11 is 1.75. The standard InChI is InChI=1S/C25H29N3OS/c1-19-9-11-21(12-10-19)25(23-8-5-15-30-23)26-16-24(29)27-22-13-14-28(18-22)17-20-6-3-2-4-7-20/h2-12,15,22,25-26H,13-14,16-18H2,1H3,(H,27,29)/p+2/t22-,25+/m1/s1. The van der Waals surface area contributed by atoms with E-state index in [1.165, 1.54) is 21.6 Å². The van der Waals surface area contributed by atoms with Crippen LogP contribution in [0, 0.1) is 6.92 Å². The van der Waals surface area contributed by atoms with E-state index in [1.54, 1.807) is 16.2 Å². The number of likely N-dealkylation sites (tertiary alicyclic amines) is 1.